The van der Waals surface area contributed by atoms with Gasteiger partial charge in [-0.05, 0) is 67.8 Å². The summed E-state index contributed by atoms with van der Waals surface area (Å²) in [6.07, 6.45) is 3.55. The Morgan fingerprint density at radius 1 is 1.19 bits per heavy atom. The predicted molar refractivity (Wildman–Crippen MR) is 126 cm³/mol. The fourth-order valence-electron chi connectivity index (χ4n) is 4.12. The first-order valence-corrected chi connectivity index (χ1v) is 11.1. The van der Waals surface area contributed by atoms with Gasteiger partial charge in [0.1, 0.15) is 0 Å². The van der Waals surface area contributed by atoms with Gasteiger partial charge in [-0.25, -0.2) is 4.79 Å². The standard InChI is InChI=1S/C26H32N2O4/c1-4-32-24(26(30)31)16-19-10-12-21(13-11-19)22-8-5-7-20(15-22)17-28(3)25(29)23-9-6-14-27(2)18-23/h5,7-8,10-13,15-16,23H,4,6,9,14,17-18H2,1-3H3,(H,30,31)/b24-16+. The average molecular weight is 437 g/mol. The Hall–Kier alpha value is -3.12. The largest absolute Gasteiger partial charge is 0.487 e. The van der Waals surface area contributed by atoms with Crippen LogP contribution in [0.2, 0.25) is 0 Å². The Kier molecular flexibility index (Phi) is 8.06. The number of ether oxygens (including phenoxy) is 1. The van der Waals surface area contributed by atoms with Gasteiger partial charge in [-0.3, -0.25) is 4.79 Å². The normalized spacial score (nSPS) is 17.1. The summed E-state index contributed by atoms with van der Waals surface area (Å²) in [5.41, 5.74) is 3.93. The molecule has 6 nitrogen and oxygen atoms in total. The minimum atomic E-state index is -1.08. The summed E-state index contributed by atoms with van der Waals surface area (Å²) in [5.74, 6) is -0.863. The summed E-state index contributed by atoms with van der Waals surface area (Å²) in [4.78, 5) is 28.2. The van der Waals surface area contributed by atoms with Gasteiger partial charge in [0, 0.05) is 20.1 Å². The Labute approximate surface area is 190 Å². The van der Waals surface area contributed by atoms with Gasteiger partial charge < -0.3 is 19.6 Å². The second-order valence-electron chi connectivity index (χ2n) is 8.36. The highest BCUT2D eigenvalue weighted by atomic mass is 16.5. The zero-order valence-electron chi connectivity index (χ0n) is 19.1. The number of carbonyl (C=O) groups is 2. The Bertz CT molecular complexity index is 968. The predicted octanol–water partition coefficient (Wildman–Crippen LogP) is 4.12. The average Bonchev–Trinajstić information content (AvgIpc) is 2.79. The van der Waals surface area contributed by atoms with Crippen LogP contribution < -0.4 is 0 Å². The molecule has 2 aromatic rings. The molecule has 3 rings (SSSR count). The van der Waals surface area contributed by atoms with E-state index in [0.29, 0.717) is 13.2 Å². The van der Waals surface area contributed by atoms with Gasteiger partial charge >= 0.3 is 5.97 Å². The van der Waals surface area contributed by atoms with E-state index in [1.807, 2.05) is 54.4 Å². The van der Waals surface area contributed by atoms with Crippen molar-refractivity contribution in [1.82, 2.24) is 9.80 Å². The third-order valence-corrected chi connectivity index (χ3v) is 5.75. The lowest BCUT2D eigenvalue weighted by Gasteiger charge is -2.31. The number of nitrogens with zero attached hydrogens (tertiary/aromatic N) is 2. The number of carboxylic acids is 1. The minimum Gasteiger partial charge on any atom is -0.487 e. The van der Waals surface area contributed by atoms with E-state index in [2.05, 4.69) is 18.0 Å². The maximum atomic E-state index is 12.9. The molecule has 0 saturated carbocycles. The van der Waals surface area contributed by atoms with Crippen LogP contribution in [0.3, 0.4) is 0 Å². The van der Waals surface area contributed by atoms with Crippen molar-refractivity contribution >= 4 is 18.0 Å². The number of carboxylic acid groups (broad SMARTS) is 1. The van der Waals surface area contributed by atoms with E-state index in [9.17, 15) is 14.7 Å². The number of hydrogen-bond donors (Lipinski definition) is 1. The molecular weight excluding hydrogens is 404 g/mol. The maximum absolute atomic E-state index is 12.9. The van der Waals surface area contributed by atoms with Crippen molar-refractivity contribution < 1.29 is 19.4 Å². The third kappa shape index (κ3) is 6.20. The summed E-state index contributed by atoms with van der Waals surface area (Å²) in [5, 5.41) is 9.21. The summed E-state index contributed by atoms with van der Waals surface area (Å²) in [6.45, 7) is 4.52. The summed E-state index contributed by atoms with van der Waals surface area (Å²) < 4.78 is 5.17. The molecule has 0 aliphatic carbocycles. The molecular formula is C26H32N2O4. The molecule has 0 bridgehead atoms. The lowest BCUT2D eigenvalue weighted by atomic mass is 9.96. The number of hydrogen-bond acceptors (Lipinski definition) is 4. The van der Waals surface area contributed by atoms with Crippen LogP contribution in [-0.4, -0.2) is 60.6 Å². The quantitative estimate of drug-likeness (QED) is 0.498. The monoisotopic (exact) mass is 436 g/mol. The van der Waals surface area contributed by atoms with Gasteiger partial charge in [0.15, 0.2) is 0 Å². The molecule has 1 aliphatic rings. The Morgan fingerprint density at radius 2 is 1.94 bits per heavy atom. The minimum absolute atomic E-state index is 0.0703. The zero-order chi connectivity index (χ0) is 23.1. The van der Waals surface area contributed by atoms with Gasteiger partial charge in [0.25, 0.3) is 0 Å². The third-order valence-electron chi connectivity index (χ3n) is 5.75. The molecule has 0 spiro atoms. The molecule has 1 fully saturated rings. The molecule has 1 amide bonds. The fraction of sp³-hybridized carbons (Fsp3) is 0.385. The molecule has 0 aromatic heterocycles. The van der Waals surface area contributed by atoms with Gasteiger partial charge in [-0.15, -0.1) is 0 Å². The number of benzene rings is 2. The van der Waals surface area contributed by atoms with E-state index in [-0.39, 0.29) is 17.6 Å². The van der Waals surface area contributed by atoms with Crippen molar-refractivity contribution in [3.05, 3.63) is 65.4 Å². The molecule has 2 aromatic carbocycles. The second-order valence-corrected chi connectivity index (χ2v) is 8.36. The van der Waals surface area contributed by atoms with E-state index in [4.69, 9.17) is 4.74 Å². The highest BCUT2D eigenvalue weighted by Crippen LogP contribution is 2.23. The first-order chi connectivity index (χ1) is 15.4. The summed E-state index contributed by atoms with van der Waals surface area (Å²) >= 11 is 0. The number of aliphatic carboxylic acids is 1. The molecule has 0 radical (unpaired) electrons. The fourth-order valence-corrected chi connectivity index (χ4v) is 4.12. The summed E-state index contributed by atoms with van der Waals surface area (Å²) in [7, 11) is 3.95. The van der Waals surface area contributed by atoms with Crippen molar-refractivity contribution in [2.24, 2.45) is 5.92 Å². The SMILES string of the molecule is CCO/C(=C/c1ccc(-c2cccc(CN(C)C(=O)C3CCCN(C)C3)c2)cc1)C(=O)O. The molecule has 1 atom stereocenters. The molecule has 1 heterocycles. The number of piperidine rings is 1. The Morgan fingerprint density at radius 3 is 2.59 bits per heavy atom. The van der Waals surface area contributed by atoms with Crippen LogP contribution in [0.4, 0.5) is 0 Å². The van der Waals surface area contributed by atoms with E-state index in [1.54, 1.807) is 6.92 Å². The Balaban J connectivity index is 1.69. The number of likely N-dealkylation sites (tertiary alicyclic amines) is 1. The first kappa shape index (κ1) is 23.5. The molecule has 32 heavy (non-hydrogen) atoms. The molecule has 1 unspecified atom stereocenters. The van der Waals surface area contributed by atoms with Crippen LogP contribution >= 0.6 is 0 Å². The molecule has 1 saturated heterocycles. The first-order valence-electron chi connectivity index (χ1n) is 11.1. The van der Waals surface area contributed by atoms with E-state index < -0.39 is 5.97 Å². The van der Waals surface area contributed by atoms with E-state index in [1.165, 1.54) is 6.08 Å². The van der Waals surface area contributed by atoms with E-state index >= 15 is 0 Å². The highest BCUT2D eigenvalue weighted by Gasteiger charge is 2.26. The van der Waals surface area contributed by atoms with Crippen molar-refractivity contribution in [2.75, 3.05) is 33.8 Å². The lowest BCUT2D eigenvalue weighted by molar-refractivity contribution is -0.137. The number of carbonyl (C=O) groups excluding carboxylic acids is 1. The van der Waals surface area contributed by atoms with Crippen LogP contribution in [0.15, 0.2) is 54.3 Å². The lowest BCUT2D eigenvalue weighted by Crippen LogP contribution is -2.41. The highest BCUT2D eigenvalue weighted by molar-refractivity contribution is 5.90. The van der Waals surface area contributed by atoms with Gasteiger partial charge in [-0.1, -0.05) is 42.5 Å². The van der Waals surface area contributed by atoms with Crippen LogP contribution in [0.1, 0.15) is 30.9 Å². The molecule has 1 N–H and O–H groups in total. The molecule has 1 aliphatic heterocycles. The topological polar surface area (TPSA) is 70.1 Å². The summed E-state index contributed by atoms with van der Waals surface area (Å²) in [6, 6.07) is 15.9. The van der Waals surface area contributed by atoms with E-state index in [0.717, 1.165) is 48.2 Å². The van der Waals surface area contributed by atoms with Gasteiger partial charge in [-0.2, -0.15) is 0 Å². The zero-order valence-corrected chi connectivity index (χ0v) is 19.1. The smallest absolute Gasteiger partial charge is 0.371 e. The van der Waals surface area contributed by atoms with Crippen molar-refractivity contribution in [3.63, 3.8) is 0 Å². The van der Waals surface area contributed by atoms with Crippen molar-refractivity contribution in [3.8, 4) is 11.1 Å². The molecule has 6 heteroatoms. The van der Waals surface area contributed by atoms with Crippen molar-refractivity contribution in [1.29, 1.82) is 0 Å². The van der Waals surface area contributed by atoms with Crippen LogP contribution in [-0.2, 0) is 20.9 Å². The van der Waals surface area contributed by atoms with Gasteiger partial charge in [0.2, 0.25) is 11.7 Å². The van der Waals surface area contributed by atoms with Crippen LogP contribution in [0.25, 0.3) is 17.2 Å². The molecule has 170 valence electrons. The maximum Gasteiger partial charge on any atom is 0.371 e. The second kappa shape index (κ2) is 11.0. The van der Waals surface area contributed by atoms with Gasteiger partial charge in [0.05, 0.1) is 12.5 Å². The van der Waals surface area contributed by atoms with Crippen LogP contribution in [0, 0.1) is 5.92 Å². The number of rotatable bonds is 8. The number of amides is 1. The van der Waals surface area contributed by atoms with Crippen LogP contribution in [0.5, 0.6) is 0 Å². The van der Waals surface area contributed by atoms with Crippen molar-refractivity contribution in [2.45, 2.75) is 26.3 Å².